The minimum Gasteiger partial charge on any atom is -0.491 e. The summed E-state index contributed by atoms with van der Waals surface area (Å²) in [5.74, 6) is 0.538. The van der Waals surface area contributed by atoms with Crippen LogP contribution in [0.15, 0.2) is 47.6 Å². The van der Waals surface area contributed by atoms with Crippen LogP contribution in [-0.4, -0.2) is 32.2 Å². The van der Waals surface area contributed by atoms with Crippen molar-refractivity contribution in [1.29, 1.82) is 0 Å². The molecular weight excluding hydrogens is 358 g/mol. The maximum Gasteiger partial charge on any atom is 0.411 e. The minimum absolute atomic E-state index is 0.0411. The Balaban J connectivity index is 2.27. The second-order valence-electron chi connectivity index (χ2n) is 5.52. The van der Waals surface area contributed by atoms with Crippen molar-refractivity contribution in [3.05, 3.63) is 42.7 Å². The van der Waals surface area contributed by atoms with Crippen molar-refractivity contribution >= 4 is 27.5 Å². The van der Waals surface area contributed by atoms with Crippen LogP contribution in [0.25, 0.3) is 0 Å². The first-order chi connectivity index (χ1) is 12.3. The van der Waals surface area contributed by atoms with Gasteiger partial charge in [-0.25, -0.2) is 13.2 Å². The van der Waals surface area contributed by atoms with Gasteiger partial charge in [0.2, 0.25) is 0 Å². The van der Waals surface area contributed by atoms with Gasteiger partial charge < -0.3 is 9.47 Å². The summed E-state index contributed by atoms with van der Waals surface area (Å²) in [7, 11) is -3.99. The topological polar surface area (TPSA) is 107 Å². The fourth-order valence-electron chi connectivity index (χ4n) is 2.09. The van der Waals surface area contributed by atoms with Crippen LogP contribution in [0, 0.1) is 0 Å². The molecule has 0 atom stereocenters. The van der Waals surface area contributed by atoms with Crippen LogP contribution >= 0.6 is 0 Å². The number of anilines is 2. The molecule has 26 heavy (non-hydrogen) atoms. The third-order valence-electron chi connectivity index (χ3n) is 3.04. The average Bonchev–Trinajstić information content (AvgIpc) is 2.54. The molecule has 8 nitrogen and oxygen atoms in total. The third kappa shape index (κ3) is 5.35. The van der Waals surface area contributed by atoms with E-state index in [1.807, 2.05) is 13.8 Å². The number of nitrogens with one attached hydrogen (secondary N) is 2. The maximum absolute atomic E-state index is 12.7. The normalized spacial score (nSPS) is 11.1. The number of aromatic nitrogens is 1. The summed E-state index contributed by atoms with van der Waals surface area (Å²) >= 11 is 0. The Kier molecular flexibility index (Phi) is 6.40. The summed E-state index contributed by atoms with van der Waals surface area (Å²) in [4.78, 5) is 15.3. The van der Waals surface area contributed by atoms with E-state index in [0.717, 1.165) is 6.20 Å². The molecule has 0 aliphatic heterocycles. The number of rotatable bonds is 7. The first-order valence-corrected chi connectivity index (χ1v) is 9.47. The summed E-state index contributed by atoms with van der Waals surface area (Å²) in [6, 6.07) is 7.96. The number of hydrogen-bond acceptors (Lipinski definition) is 6. The van der Waals surface area contributed by atoms with Crippen molar-refractivity contribution in [3.63, 3.8) is 0 Å². The van der Waals surface area contributed by atoms with Crippen LogP contribution in [0.1, 0.15) is 20.8 Å². The second kappa shape index (κ2) is 8.52. The molecule has 0 saturated heterocycles. The summed E-state index contributed by atoms with van der Waals surface area (Å²) in [6.45, 7) is 5.57. The molecule has 140 valence electrons. The number of nitrogens with zero attached hydrogens (tertiary/aromatic N) is 1. The minimum atomic E-state index is -3.99. The fraction of sp³-hybridized carbons (Fsp3) is 0.294. The van der Waals surface area contributed by atoms with Gasteiger partial charge >= 0.3 is 6.09 Å². The molecule has 0 bridgehead atoms. The van der Waals surface area contributed by atoms with Gasteiger partial charge in [0.15, 0.2) is 0 Å². The van der Waals surface area contributed by atoms with Gasteiger partial charge in [-0.15, -0.1) is 0 Å². The van der Waals surface area contributed by atoms with Crippen LogP contribution in [0.5, 0.6) is 5.75 Å². The molecule has 2 aromatic rings. The fourth-order valence-corrected chi connectivity index (χ4v) is 3.25. The predicted molar refractivity (Wildman–Crippen MR) is 97.9 cm³/mol. The number of amides is 1. The molecule has 2 rings (SSSR count). The molecule has 0 unspecified atom stereocenters. The third-order valence-corrected chi connectivity index (χ3v) is 4.45. The molecule has 1 aromatic carbocycles. The van der Waals surface area contributed by atoms with E-state index in [9.17, 15) is 13.2 Å². The van der Waals surface area contributed by atoms with Gasteiger partial charge in [0.05, 0.1) is 24.1 Å². The monoisotopic (exact) mass is 379 g/mol. The van der Waals surface area contributed by atoms with Crippen molar-refractivity contribution in [2.75, 3.05) is 16.6 Å². The summed E-state index contributed by atoms with van der Waals surface area (Å²) in [5.41, 5.74) is 0.398. The maximum atomic E-state index is 12.7. The highest BCUT2D eigenvalue weighted by Gasteiger charge is 2.21. The lowest BCUT2D eigenvalue weighted by molar-refractivity contribution is 0.168. The van der Waals surface area contributed by atoms with Crippen molar-refractivity contribution in [1.82, 2.24) is 4.98 Å². The largest absolute Gasteiger partial charge is 0.491 e. The SMILES string of the molecule is CCOC(=O)Nc1ccncc1S(=O)(=O)Nc1cccc(OC(C)C)c1. The molecule has 0 radical (unpaired) electrons. The summed E-state index contributed by atoms with van der Waals surface area (Å²) in [6.07, 6.45) is 1.73. The van der Waals surface area contributed by atoms with Gasteiger partial charge in [-0.05, 0) is 39.0 Å². The van der Waals surface area contributed by atoms with E-state index in [0.29, 0.717) is 11.4 Å². The smallest absolute Gasteiger partial charge is 0.411 e. The Morgan fingerprint density at radius 2 is 2.04 bits per heavy atom. The molecule has 2 N–H and O–H groups in total. The first kappa shape index (κ1) is 19.5. The Bertz CT molecular complexity index is 868. The molecule has 0 saturated carbocycles. The number of carbonyl (C=O) groups excluding carboxylic acids is 1. The van der Waals surface area contributed by atoms with Crippen molar-refractivity contribution in [2.24, 2.45) is 0 Å². The molecule has 9 heteroatoms. The predicted octanol–water partition coefficient (Wildman–Crippen LogP) is 3.24. The van der Waals surface area contributed by atoms with Crippen molar-refractivity contribution in [2.45, 2.75) is 31.8 Å². The molecule has 1 aromatic heterocycles. The van der Waals surface area contributed by atoms with E-state index in [1.165, 1.54) is 12.3 Å². The molecule has 0 spiro atoms. The number of pyridine rings is 1. The zero-order chi connectivity index (χ0) is 19.2. The number of carbonyl (C=O) groups is 1. The number of sulfonamides is 1. The van der Waals surface area contributed by atoms with Gasteiger partial charge in [-0.2, -0.15) is 0 Å². The highest BCUT2D eigenvalue weighted by molar-refractivity contribution is 7.92. The molecule has 0 aliphatic carbocycles. The lowest BCUT2D eigenvalue weighted by atomic mass is 10.3. The average molecular weight is 379 g/mol. The van der Waals surface area contributed by atoms with Crippen LogP contribution in [0.2, 0.25) is 0 Å². The molecule has 0 fully saturated rings. The lowest BCUT2D eigenvalue weighted by Crippen LogP contribution is -2.19. The Hall–Kier alpha value is -2.81. The molecule has 1 amide bonds. The summed E-state index contributed by atoms with van der Waals surface area (Å²) < 4.78 is 38.2. The van der Waals surface area contributed by atoms with Gasteiger partial charge in [0, 0.05) is 18.5 Å². The van der Waals surface area contributed by atoms with E-state index in [2.05, 4.69) is 15.0 Å². The van der Waals surface area contributed by atoms with Gasteiger partial charge in [0.25, 0.3) is 10.0 Å². The molecule has 0 aliphatic rings. The van der Waals surface area contributed by atoms with Crippen LogP contribution in [0.3, 0.4) is 0 Å². The zero-order valence-electron chi connectivity index (χ0n) is 14.7. The van der Waals surface area contributed by atoms with Gasteiger partial charge in [0.1, 0.15) is 10.6 Å². The standard InChI is InChI=1S/C17H21N3O5S/c1-4-24-17(21)19-15-8-9-18-11-16(15)26(22,23)20-13-6-5-7-14(10-13)25-12(2)3/h5-12,20H,4H2,1-3H3,(H,18,19,21). The quantitative estimate of drug-likeness (QED) is 0.765. The van der Waals surface area contributed by atoms with Gasteiger partial charge in [-0.1, -0.05) is 6.07 Å². The van der Waals surface area contributed by atoms with E-state index in [1.54, 1.807) is 31.2 Å². The van der Waals surface area contributed by atoms with Crippen LogP contribution < -0.4 is 14.8 Å². The highest BCUT2D eigenvalue weighted by Crippen LogP contribution is 2.25. The van der Waals surface area contributed by atoms with E-state index in [-0.39, 0.29) is 23.3 Å². The van der Waals surface area contributed by atoms with E-state index < -0.39 is 16.1 Å². The van der Waals surface area contributed by atoms with Gasteiger partial charge in [-0.3, -0.25) is 15.0 Å². The Labute approximate surface area is 152 Å². The van der Waals surface area contributed by atoms with Crippen molar-refractivity contribution < 1.29 is 22.7 Å². The van der Waals surface area contributed by atoms with Crippen LogP contribution in [-0.2, 0) is 14.8 Å². The second-order valence-corrected chi connectivity index (χ2v) is 7.17. The Morgan fingerprint density at radius 3 is 2.73 bits per heavy atom. The molecule has 1 heterocycles. The first-order valence-electron chi connectivity index (χ1n) is 7.99. The highest BCUT2D eigenvalue weighted by atomic mass is 32.2. The van der Waals surface area contributed by atoms with E-state index in [4.69, 9.17) is 9.47 Å². The number of ether oxygens (including phenoxy) is 2. The number of hydrogen-bond donors (Lipinski definition) is 2. The van der Waals surface area contributed by atoms with Crippen LogP contribution in [0.4, 0.5) is 16.2 Å². The zero-order valence-corrected chi connectivity index (χ0v) is 15.5. The summed E-state index contributed by atoms with van der Waals surface area (Å²) in [5, 5.41) is 2.40. The van der Waals surface area contributed by atoms with E-state index >= 15 is 0 Å². The Morgan fingerprint density at radius 1 is 1.27 bits per heavy atom. The lowest BCUT2D eigenvalue weighted by Gasteiger charge is -2.14. The number of benzene rings is 1. The van der Waals surface area contributed by atoms with Crippen molar-refractivity contribution in [3.8, 4) is 5.75 Å². The molecular formula is C17H21N3O5S.